The fraction of sp³-hybridized carbons (Fsp3) is 0.182. The largest absolute Gasteiger partial charge is 0.462 e. The molecule has 0 fully saturated rings. The highest BCUT2D eigenvalue weighted by molar-refractivity contribution is 8.21. The number of benzene rings is 2. The van der Waals surface area contributed by atoms with E-state index in [0.717, 1.165) is 11.0 Å². The number of oxazole rings is 2. The van der Waals surface area contributed by atoms with E-state index < -0.39 is 5.97 Å². The molecular formula is C22H17N3O4S2. The summed E-state index contributed by atoms with van der Waals surface area (Å²) in [5.74, 6) is 1.07. The molecule has 0 aliphatic rings. The van der Waals surface area contributed by atoms with Crippen LogP contribution in [0.5, 0.6) is 0 Å². The van der Waals surface area contributed by atoms with Crippen molar-refractivity contribution in [1.29, 1.82) is 5.26 Å². The van der Waals surface area contributed by atoms with E-state index in [4.69, 9.17) is 13.6 Å². The van der Waals surface area contributed by atoms with Gasteiger partial charge in [-0.25, -0.2) is 14.8 Å². The molecule has 156 valence electrons. The minimum absolute atomic E-state index is 0.0518. The van der Waals surface area contributed by atoms with Gasteiger partial charge in [0, 0.05) is 0 Å². The lowest BCUT2D eigenvalue weighted by Crippen LogP contribution is -2.07. The van der Waals surface area contributed by atoms with Crippen LogP contribution in [0, 0.1) is 11.3 Å². The molecular weight excluding hydrogens is 434 g/mol. The van der Waals surface area contributed by atoms with Crippen LogP contribution in [0.4, 0.5) is 0 Å². The Labute approximate surface area is 186 Å². The van der Waals surface area contributed by atoms with Gasteiger partial charge in [-0.05, 0) is 31.2 Å². The molecule has 0 saturated carbocycles. The van der Waals surface area contributed by atoms with Crippen molar-refractivity contribution < 1.29 is 18.4 Å². The van der Waals surface area contributed by atoms with Crippen LogP contribution in [0.1, 0.15) is 18.7 Å². The van der Waals surface area contributed by atoms with Gasteiger partial charge in [-0.2, -0.15) is 5.26 Å². The van der Waals surface area contributed by atoms with Gasteiger partial charge < -0.3 is 13.6 Å². The molecule has 4 rings (SSSR count). The molecule has 4 aromatic rings. The molecule has 0 amide bonds. The van der Waals surface area contributed by atoms with Crippen molar-refractivity contribution in [2.24, 2.45) is 0 Å². The Hall–Kier alpha value is -3.22. The number of nitrogens with zero attached hydrogens (tertiary/aromatic N) is 3. The minimum atomic E-state index is -0.657. The van der Waals surface area contributed by atoms with Gasteiger partial charge in [-0.1, -0.05) is 24.3 Å². The molecule has 0 bridgehead atoms. The highest BCUT2D eigenvalue weighted by Gasteiger charge is 2.20. The molecule has 31 heavy (non-hydrogen) atoms. The number of fused-ring (bicyclic) bond motifs is 2. The summed E-state index contributed by atoms with van der Waals surface area (Å²) in [5.41, 5.74) is 2.84. The van der Waals surface area contributed by atoms with Crippen molar-refractivity contribution in [3.63, 3.8) is 0 Å². The molecule has 0 unspecified atom stereocenters. The fourth-order valence-corrected chi connectivity index (χ4v) is 4.77. The number of para-hydroxylation sites is 4. The van der Waals surface area contributed by atoms with E-state index in [2.05, 4.69) is 9.97 Å². The van der Waals surface area contributed by atoms with Crippen molar-refractivity contribution >= 4 is 51.7 Å². The molecule has 0 aliphatic carbocycles. The quantitative estimate of drug-likeness (QED) is 0.197. The van der Waals surface area contributed by atoms with Gasteiger partial charge in [0.1, 0.15) is 17.1 Å². The Morgan fingerprint density at radius 3 is 1.94 bits per heavy atom. The van der Waals surface area contributed by atoms with Crippen LogP contribution in [0.15, 0.2) is 67.2 Å². The van der Waals surface area contributed by atoms with Gasteiger partial charge in [-0.3, -0.25) is 0 Å². The van der Waals surface area contributed by atoms with Crippen molar-refractivity contribution in [2.75, 3.05) is 6.61 Å². The molecule has 2 aromatic heterocycles. The summed E-state index contributed by atoms with van der Waals surface area (Å²) in [6.45, 7) is 1.88. The second kappa shape index (κ2) is 9.73. The van der Waals surface area contributed by atoms with Crippen molar-refractivity contribution in [2.45, 2.75) is 18.4 Å². The SMILES string of the molecule is CCOC(=O)C(C#N)=C(SCc1nc2ccccc2o1)SCc1nc2ccccc2o1. The zero-order chi connectivity index (χ0) is 21.6. The smallest absolute Gasteiger partial charge is 0.350 e. The molecule has 2 aromatic carbocycles. The van der Waals surface area contributed by atoms with Crippen molar-refractivity contribution in [3.05, 3.63) is 70.1 Å². The number of nitriles is 1. The average Bonchev–Trinajstić information content (AvgIpc) is 3.39. The summed E-state index contributed by atoms with van der Waals surface area (Å²) >= 11 is 2.59. The Kier molecular flexibility index (Phi) is 6.60. The average molecular weight is 452 g/mol. The number of ether oxygens (including phenoxy) is 1. The van der Waals surface area contributed by atoms with E-state index in [-0.39, 0.29) is 12.2 Å². The van der Waals surface area contributed by atoms with E-state index in [1.807, 2.05) is 54.6 Å². The van der Waals surface area contributed by atoms with Crippen LogP contribution in [0.3, 0.4) is 0 Å². The van der Waals surface area contributed by atoms with E-state index in [1.54, 1.807) is 6.92 Å². The highest BCUT2D eigenvalue weighted by Crippen LogP contribution is 2.37. The number of aromatic nitrogens is 2. The van der Waals surface area contributed by atoms with Gasteiger partial charge in [0.15, 0.2) is 16.7 Å². The maximum Gasteiger partial charge on any atom is 0.350 e. The molecule has 0 atom stereocenters. The lowest BCUT2D eigenvalue weighted by atomic mass is 10.3. The molecule has 2 heterocycles. The second-order valence-corrected chi connectivity index (χ2v) is 8.45. The first-order valence-corrected chi connectivity index (χ1v) is 11.4. The lowest BCUT2D eigenvalue weighted by molar-refractivity contribution is -0.138. The minimum Gasteiger partial charge on any atom is -0.462 e. The molecule has 9 heteroatoms. The van der Waals surface area contributed by atoms with E-state index in [1.165, 1.54) is 23.5 Å². The first kappa shape index (κ1) is 21.0. The summed E-state index contributed by atoms with van der Waals surface area (Å²) < 4.78 is 17.1. The summed E-state index contributed by atoms with van der Waals surface area (Å²) in [6.07, 6.45) is 0. The Morgan fingerprint density at radius 2 is 1.48 bits per heavy atom. The topological polar surface area (TPSA) is 102 Å². The van der Waals surface area contributed by atoms with Crippen LogP contribution in [0.2, 0.25) is 0 Å². The normalized spacial score (nSPS) is 10.8. The van der Waals surface area contributed by atoms with Gasteiger partial charge in [0.25, 0.3) is 0 Å². The predicted molar refractivity (Wildman–Crippen MR) is 120 cm³/mol. The Balaban J connectivity index is 1.55. The summed E-state index contributed by atoms with van der Waals surface area (Å²) in [5, 5.41) is 9.60. The molecule has 7 nitrogen and oxygen atoms in total. The van der Waals surface area contributed by atoms with E-state index in [0.29, 0.717) is 38.7 Å². The summed E-state index contributed by atoms with van der Waals surface area (Å²) in [7, 11) is 0. The van der Waals surface area contributed by atoms with E-state index in [9.17, 15) is 10.1 Å². The van der Waals surface area contributed by atoms with Gasteiger partial charge in [0.2, 0.25) is 11.8 Å². The highest BCUT2D eigenvalue weighted by atomic mass is 32.2. The number of hydrogen-bond acceptors (Lipinski definition) is 9. The lowest BCUT2D eigenvalue weighted by Gasteiger charge is -2.08. The Morgan fingerprint density at radius 1 is 0.968 bits per heavy atom. The van der Waals surface area contributed by atoms with Gasteiger partial charge in [0.05, 0.1) is 22.3 Å². The first-order valence-electron chi connectivity index (χ1n) is 9.44. The van der Waals surface area contributed by atoms with Gasteiger partial charge in [-0.15, -0.1) is 23.5 Å². The van der Waals surface area contributed by atoms with Gasteiger partial charge >= 0.3 is 5.97 Å². The van der Waals surface area contributed by atoms with Crippen LogP contribution in [-0.4, -0.2) is 22.5 Å². The monoisotopic (exact) mass is 451 g/mol. The first-order chi connectivity index (χ1) is 15.2. The van der Waals surface area contributed by atoms with Crippen LogP contribution in [0.25, 0.3) is 22.2 Å². The van der Waals surface area contributed by atoms with Crippen molar-refractivity contribution in [1.82, 2.24) is 9.97 Å². The number of hydrogen-bond donors (Lipinski definition) is 0. The molecule has 0 aliphatic heterocycles. The third kappa shape index (κ3) is 4.93. The van der Waals surface area contributed by atoms with Crippen LogP contribution >= 0.6 is 23.5 Å². The number of carbonyl (C=O) groups is 1. The molecule has 0 radical (unpaired) electrons. The Bertz CT molecular complexity index is 1160. The standard InChI is InChI=1S/C22H17N3O4S2/c1-2-27-21(26)14(11-23)22(30-12-19-24-15-7-3-5-9-17(15)28-19)31-13-20-25-16-8-4-6-10-18(16)29-20/h3-10H,2,12-13H2,1H3. The second-order valence-electron chi connectivity index (χ2n) is 6.22. The molecule has 0 saturated heterocycles. The number of carbonyl (C=O) groups excluding carboxylic acids is 1. The number of rotatable bonds is 8. The zero-order valence-electron chi connectivity index (χ0n) is 16.5. The number of thioether (sulfide) groups is 2. The number of esters is 1. The third-order valence-electron chi connectivity index (χ3n) is 4.13. The molecule has 0 N–H and O–H groups in total. The zero-order valence-corrected chi connectivity index (χ0v) is 18.2. The predicted octanol–water partition coefficient (Wildman–Crippen LogP) is 5.43. The van der Waals surface area contributed by atoms with Crippen molar-refractivity contribution in [3.8, 4) is 6.07 Å². The summed E-state index contributed by atoms with van der Waals surface area (Å²) in [4.78, 5) is 21.2. The van der Waals surface area contributed by atoms with Crippen LogP contribution < -0.4 is 0 Å². The molecule has 0 spiro atoms. The maximum absolute atomic E-state index is 12.3. The summed E-state index contributed by atoms with van der Waals surface area (Å²) in [6, 6.07) is 16.9. The third-order valence-corrected chi connectivity index (χ3v) is 6.55. The van der Waals surface area contributed by atoms with Crippen LogP contribution in [-0.2, 0) is 21.0 Å². The fourth-order valence-electron chi connectivity index (χ4n) is 2.78. The van der Waals surface area contributed by atoms with E-state index >= 15 is 0 Å². The maximum atomic E-state index is 12.3.